The highest BCUT2D eigenvalue weighted by atomic mass is 16.6. The Bertz CT molecular complexity index is 778. The number of fused-ring (bicyclic) bond motifs is 1. The molecule has 0 saturated heterocycles. The van der Waals surface area contributed by atoms with Crippen LogP contribution in [-0.2, 0) is 4.74 Å². The molecule has 0 radical (unpaired) electrons. The first-order valence-electron chi connectivity index (χ1n) is 9.32. The number of alkyl carbamates (subject to hydrolysis) is 1. The number of aromatic nitrogens is 3. The largest absolute Gasteiger partial charge is 0.444 e. The number of hydrogen-bond donors (Lipinski definition) is 2. The van der Waals surface area contributed by atoms with Crippen LogP contribution in [0.1, 0.15) is 65.5 Å². The van der Waals surface area contributed by atoms with Crippen molar-refractivity contribution < 1.29 is 9.53 Å². The van der Waals surface area contributed by atoms with Crippen LogP contribution in [-0.4, -0.2) is 38.4 Å². The van der Waals surface area contributed by atoms with Crippen LogP contribution < -0.4 is 10.6 Å². The van der Waals surface area contributed by atoms with Crippen LogP contribution in [0.25, 0.3) is 5.65 Å². The van der Waals surface area contributed by atoms with Gasteiger partial charge in [-0.2, -0.15) is 9.61 Å². The molecule has 1 fully saturated rings. The third-order valence-electron chi connectivity index (χ3n) is 4.48. The Morgan fingerprint density at radius 2 is 2.04 bits per heavy atom. The average Bonchev–Trinajstić information content (AvgIpc) is 3.14. The molecule has 1 amide bonds. The van der Waals surface area contributed by atoms with Crippen molar-refractivity contribution in [2.45, 2.75) is 77.5 Å². The Balaban J connectivity index is 1.65. The van der Waals surface area contributed by atoms with Crippen molar-refractivity contribution in [1.82, 2.24) is 19.9 Å². The van der Waals surface area contributed by atoms with E-state index in [9.17, 15) is 4.79 Å². The fourth-order valence-electron chi connectivity index (χ4n) is 3.26. The van der Waals surface area contributed by atoms with Gasteiger partial charge in [0.2, 0.25) is 0 Å². The average molecular weight is 359 g/mol. The fraction of sp³-hybridized carbons (Fsp3) is 0.632. The lowest BCUT2D eigenvalue weighted by atomic mass is 10.1. The minimum atomic E-state index is -0.476. The summed E-state index contributed by atoms with van der Waals surface area (Å²) in [5, 5.41) is 10.9. The first-order valence-corrected chi connectivity index (χ1v) is 9.32. The van der Waals surface area contributed by atoms with E-state index in [4.69, 9.17) is 4.74 Å². The van der Waals surface area contributed by atoms with E-state index in [1.54, 1.807) is 6.20 Å². The number of anilines is 1. The van der Waals surface area contributed by atoms with Gasteiger partial charge in [0, 0.05) is 29.9 Å². The molecule has 1 aliphatic carbocycles. The van der Waals surface area contributed by atoms with Crippen molar-refractivity contribution in [2.75, 3.05) is 5.32 Å². The summed E-state index contributed by atoms with van der Waals surface area (Å²) >= 11 is 0. The Labute approximate surface area is 154 Å². The number of amides is 1. The molecule has 2 atom stereocenters. The lowest BCUT2D eigenvalue weighted by molar-refractivity contribution is 0.0505. The molecule has 0 unspecified atom stereocenters. The number of rotatable bonds is 4. The third kappa shape index (κ3) is 4.45. The van der Waals surface area contributed by atoms with Gasteiger partial charge in [-0.15, -0.1) is 0 Å². The van der Waals surface area contributed by atoms with E-state index in [-0.39, 0.29) is 18.2 Å². The molecule has 1 saturated carbocycles. The van der Waals surface area contributed by atoms with Crippen LogP contribution in [0.2, 0.25) is 0 Å². The predicted octanol–water partition coefficient (Wildman–Crippen LogP) is 3.71. The summed E-state index contributed by atoms with van der Waals surface area (Å²) in [5.74, 6) is 1.30. The van der Waals surface area contributed by atoms with Gasteiger partial charge in [-0.1, -0.05) is 13.8 Å². The molecule has 26 heavy (non-hydrogen) atoms. The van der Waals surface area contributed by atoms with Gasteiger partial charge in [0.25, 0.3) is 0 Å². The van der Waals surface area contributed by atoms with Gasteiger partial charge in [-0.05, 0) is 46.0 Å². The minimum Gasteiger partial charge on any atom is -0.444 e. The molecule has 2 heterocycles. The smallest absolute Gasteiger partial charge is 0.407 e. The number of ether oxygens (including phenoxy) is 1. The van der Waals surface area contributed by atoms with Crippen molar-refractivity contribution >= 4 is 17.6 Å². The molecule has 0 aliphatic heterocycles. The standard InChI is InChI=1S/C19H29N5O2/c1-12(2)15-11-17(24-16(23-15)8-9-20-24)21-13-6-7-14(10-13)22-18(25)26-19(3,4)5/h8-9,11-14,21H,6-7,10H2,1-5H3,(H,22,25)/t13-,14-/m0/s1. The summed E-state index contributed by atoms with van der Waals surface area (Å²) in [5.41, 5.74) is 1.41. The highest BCUT2D eigenvalue weighted by Crippen LogP contribution is 2.25. The molecule has 0 aromatic carbocycles. The number of carbonyl (C=O) groups is 1. The van der Waals surface area contributed by atoms with E-state index in [1.165, 1.54) is 0 Å². The van der Waals surface area contributed by atoms with Gasteiger partial charge in [0.05, 0.1) is 6.20 Å². The topological polar surface area (TPSA) is 80.5 Å². The van der Waals surface area contributed by atoms with E-state index in [2.05, 4.69) is 40.6 Å². The van der Waals surface area contributed by atoms with Crippen molar-refractivity contribution in [3.63, 3.8) is 0 Å². The Hall–Kier alpha value is -2.31. The molecular formula is C19H29N5O2. The van der Waals surface area contributed by atoms with Crippen molar-refractivity contribution in [3.8, 4) is 0 Å². The molecule has 0 bridgehead atoms. The maximum absolute atomic E-state index is 12.0. The molecule has 142 valence electrons. The predicted molar refractivity (Wildman–Crippen MR) is 101 cm³/mol. The van der Waals surface area contributed by atoms with Gasteiger partial charge in [-0.3, -0.25) is 0 Å². The lowest BCUT2D eigenvalue weighted by Crippen LogP contribution is -2.38. The lowest BCUT2D eigenvalue weighted by Gasteiger charge is -2.22. The molecule has 7 nitrogen and oxygen atoms in total. The van der Waals surface area contributed by atoms with Crippen LogP contribution in [0.4, 0.5) is 10.6 Å². The van der Waals surface area contributed by atoms with E-state index in [0.29, 0.717) is 5.92 Å². The van der Waals surface area contributed by atoms with Gasteiger partial charge in [-0.25, -0.2) is 9.78 Å². The second kappa shape index (κ2) is 7.13. The molecule has 2 N–H and O–H groups in total. The van der Waals surface area contributed by atoms with Crippen LogP contribution >= 0.6 is 0 Å². The Morgan fingerprint density at radius 3 is 2.73 bits per heavy atom. The normalized spacial score (nSPS) is 20.5. The SMILES string of the molecule is CC(C)c1cc(N[C@H]2CC[C@H](NC(=O)OC(C)(C)C)C2)n2nccc2n1. The van der Waals surface area contributed by atoms with Crippen molar-refractivity contribution in [2.24, 2.45) is 0 Å². The van der Waals surface area contributed by atoms with Crippen molar-refractivity contribution in [3.05, 3.63) is 24.0 Å². The maximum atomic E-state index is 12.0. The van der Waals surface area contributed by atoms with E-state index in [1.807, 2.05) is 31.4 Å². The summed E-state index contributed by atoms with van der Waals surface area (Å²) in [4.78, 5) is 16.6. The summed E-state index contributed by atoms with van der Waals surface area (Å²) in [6, 6.07) is 4.39. The summed E-state index contributed by atoms with van der Waals surface area (Å²) in [6.07, 6.45) is 4.20. The molecule has 1 aliphatic rings. The third-order valence-corrected chi connectivity index (χ3v) is 4.48. The van der Waals surface area contributed by atoms with Gasteiger partial charge < -0.3 is 15.4 Å². The van der Waals surface area contributed by atoms with Gasteiger partial charge in [0.15, 0.2) is 5.65 Å². The molecule has 7 heteroatoms. The highest BCUT2D eigenvalue weighted by Gasteiger charge is 2.28. The first kappa shape index (κ1) is 18.5. The van der Waals surface area contributed by atoms with E-state index < -0.39 is 5.60 Å². The first-order chi connectivity index (χ1) is 12.2. The van der Waals surface area contributed by atoms with Crippen LogP contribution in [0, 0.1) is 0 Å². The van der Waals surface area contributed by atoms with Gasteiger partial charge in [0.1, 0.15) is 11.4 Å². The summed E-state index contributed by atoms with van der Waals surface area (Å²) in [6.45, 7) is 9.88. The quantitative estimate of drug-likeness (QED) is 0.870. The van der Waals surface area contributed by atoms with E-state index >= 15 is 0 Å². The van der Waals surface area contributed by atoms with Crippen molar-refractivity contribution in [1.29, 1.82) is 0 Å². The second-order valence-corrected chi connectivity index (χ2v) is 8.32. The zero-order valence-electron chi connectivity index (χ0n) is 16.2. The Morgan fingerprint density at radius 1 is 1.31 bits per heavy atom. The summed E-state index contributed by atoms with van der Waals surface area (Å²) < 4.78 is 7.18. The molecular weight excluding hydrogens is 330 g/mol. The molecule has 3 rings (SSSR count). The zero-order valence-corrected chi connectivity index (χ0v) is 16.2. The monoisotopic (exact) mass is 359 g/mol. The second-order valence-electron chi connectivity index (χ2n) is 8.32. The fourth-order valence-corrected chi connectivity index (χ4v) is 3.26. The van der Waals surface area contributed by atoms with Crippen LogP contribution in [0.15, 0.2) is 18.3 Å². The molecule has 2 aromatic heterocycles. The molecule has 2 aromatic rings. The highest BCUT2D eigenvalue weighted by molar-refractivity contribution is 5.68. The van der Waals surface area contributed by atoms with Gasteiger partial charge >= 0.3 is 6.09 Å². The maximum Gasteiger partial charge on any atom is 0.407 e. The summed E-state index contributed by atoms with van der Waals surface area (Å²) in [7, 11) is 0. The number of nitrogens with one attached hydrogen (secondary N) is 2. The van der Waals surface area contributed by atoms with Crippen LogP contribution in [0.3, 0.4) is 0 Å². The Kier molecular flexibility index (Phi) is 5.07. The van der Waals surface area contributed by atoms with E-state index in [0.717, 1.165) is 36.4 Å². The number of nitrogens with zero attached hydrogens (tertiary/aromatic N) is 3. The van der Waals surface area contributed by atoms with Crippen LogP contribution in [0.5, 0.6) is 0 Å². The number of hydrogen-bond acceptors (Lipinski definition) is 5. The molecule has 0 spiro atoms. The zero-order chi connectivity index (χ0) is 18.9. The number of carbonyl (C=O) groups excluding carboxylic acids is 1. The minimum absolute atomic E-state index is 0.127.